The van der Waals surface area contributed by atoms with Crippen molar-refractivity contribution in [3.63, 3.8) is 0 Å². The highest BCUT2D eigenvalue weighted by Crippen LogP contribution is 2.13. The molecule has 1 aliphatic rings. The van der Waals surface area contributed by atoms with E-state index in [0.29, 0.717) is 6.04 Å². The molecule has 2 heterocycles. The molecule has 2 atom stereocenters. The zero-order valence-electron chi connectivity index (χ0n) is 11.2. The molecule has 3 N–H and O–H groups in total. The molecule has 1 aliphatic heterocycles. The van der Waals surface area contributed by atoms with Crippen LogP contribution in [0.1, 0.15) is 5.56 Å². The maximum atomic E-state index is 5.75. The van der Waals surface area contributed by atoms with Gasteiger partial charge in [-0.2, -0.15) is 0 Å². The third-order valence-corrected chi connectivity index (χ3v) is 3.78. The van der Waals surface area contributed by atoms with Crippen LogP contribution >= 0.6 is 0 Å². The molecule has 5 heteroatoms. The molecule has 1 aromatic rings. The molecule has 2 rings (SSSR count). The van der Waals surface area contributed by atoms with Crippen LogP contribution in [-0.2, 0) is 6.42 Å². The van der Waals surface area contributed by atoms with Gasteiger partial charge in [0.15, 0.2) is 0 Å². The molecule has 0 spiro atoms. The molecule has 18 heavy (non-hydrogen) atoms. The summed E-state index contributed by atoms with van der Waals surface area (Å²) >= 11 is 0. The zero-order chi connectivity index (χ0) is 13.0. The number of pyridine rings is 1. The Morgan fingerprint density at radius 2 is 2.11 bits per heavy atom. The minimum atomic E-state index is 0.264. The predicted octanol–water partition coefficient (Wildman–Crippen LogP) is -0.298. The van der Waals surface area contributed by atoms with Gasteiger partial charge in [-0.15, -0.1) is 0 Å². The van der Waals surface area contributed by atoms with E-state index in [1.165, 1.54) is 5.56 Å². The first-order chi connectivity index (χ1) is 8.70. The van der Waals surface area contributed by atoms with Crippen molar-refractivity contribution in [3.8, 4) is 0 Å². The van der Waals surface area contributed by atoms with Crippen molar-refractivity contribution >= 4 is 0 Å². The molecule has 0 aliphatic carbocycles. The average molecular weight is 249 g/mol. The van der Waals surface area contributed by atoms with Gasteiger partial charge in [0.2, 0.25) is 0 Å². The van der Waals surface area contributed by atoms with E-state index in [9.17, 15) is 0 Å². The van der Waals surface area contributed by atoms with E-state index >= 15 is 0 Å². The second-order valence-corrected chi connectivity index (χ2v) is 5.14. The lowest BCUT2D eigenvalue weighted by atomic mass is 9.98. The van der Waals surface area contributed by atoms with Crippen molar-refractivity contribution in [2.45, 2.75) is 18.5 Å². The van der Waals surface area contributed by atoms with Crippen LogP contribution in [0.2, 0.25) is 0 Å². The summed E-state index contributed by atoms with van der Waals surface area (Å²) in [5, 5.41) is 0. The average Bonchev–Trinajstić information content (AvgIpc) is 2.40. The number of nitrogens with one attached hydrogen (secondary N) is 1. The van der Waals surface area contributed by atoms with Crippen LogP contribution in [0.15, 0.2) is 24.5 Å². The fraction of sp³-hybridized carbons (Fsp3) is 0.615. The molecule has 2 unspecified atom stereocenters. The topological polar surface area (TPSA) is 57.4 Å². The lowest BCUT2D eigenvalue weighted by Crippen LogP contribution is -2.60. The third kappa shape index (κ3) is 3.26. The lowest BCUT2D eigenvalue weighted by molar-refractivity contribution is 0.0877. The maximum Gasteiger partial charge on any atom is 0.0418 e. The van der Waals surface area contributed by atoms with Gasteiger partial charge in [-0.25, -0.2) is 0 Å². The van der Waals surface area contributed by atoms with Gasteiger partial charge in [-0.3, -0.25) is 21.2 Å². The van der Waals surface area contributed by atoms with Crippen LogP contribution < -0.4 is 11.3 Å². The van der Waals surface area contributed by atoms with Gasteiger partial charge in [-0.1, -0.05) is 0 Å². The number of likely N-dealkylation sites (N-methyl/N-ethyl adjacent to an activating group) is 2. The normalized spacial score (nSPS) is 24.1. The monoisotopic (exact) mass is 249 g/mol. The number of nitrogens with zero attached hydrogens (tertiary/aromatic N) is 3. The van der Waals surface area contributed by atoms with Crippen LogP contribution in [-0.4, -0.2) is 60.6 Å². The van der Waals surface area contributed by atoms with E-state index in [4.69, 9.17) is 5.84 Å². The molecule has 0 radical (unpaired) electrons. The number of rotatable bonds is 4. The summed E-state index contributed by atoms with van der Waals surface area (Å²) < 4.78 is 0. The molecule has 0 aromatic carbocycles. The quantitative estimate of drug-likeness (QED) is 0.567. The van der Waals surface area contributed by atoms with Crippen LogP contribution in [0.25, 0.3) is 0 Å². The number of aromatic nitrogens is 1. The van der Waals surface area contributed by atoms with Crippen molar-refractivity contribution in [2.24, 2.45) is 5.84 Å². The summed E-state index contributed by atoms with van der Waals surface area (Å²) in [6.07, 6.45) is 4.60. The minimum absolute atomic E-state index is 0.264. The highest BCUT2D eigenvalue weighted by atomic mass is 15.3. The van der Waals surface area contributed by atoms with Gasteiger partial charge in [0.05, 0.1) is 0 Å². The van der Waals surface area contributed by atoms with Crippen LogP contribution in [0, 0.1) is 0 Å². The van der Waals surface area contributed by atoms with E-state index in [-0.39, 0.29) is 6.04 Å². The Morgan fingerprint density at radius 3 is 2.78 bits per heavy atom. The summed E-state index contributed by atoms with van der Waals surface area (Å²) in [5.41, 5.74) is 4.26. The SMILES string of the molecule is CN1CCN(C)C(C(Cc2ccncc2)NN)C1. The molecule has 0 bridgehead atoms. The number of hydrogen-bond donors (Lipinski definition) is 2. The molecular formula is C13H23N5. The van der Waals surface area contributed by atoms with Crippen molar-refractivity contribution in [3.05, 3.63) is 30.1 Å². The first-order valence-electron chi connectivity index (χ1n) is 6.44. The fourth-order valence-electron chi connectivity index (χ4n) is 2.56. The number of nitrogens with two attached hydrogens (primary N) is 1. The second-order valence-electron chi connectivity index (χ2n) is 5.14. The van der Waals surface area contributed by atoms with E-state index in [1.807, 2.05) is 12.4 Å². The largest absolute Gasteiger partial charge is 0.303 e. The summed E-state index contributed by atoms with van der Waals surface area (Å²) in [7, 11) is 4.34. The molecule has 0 saturated carbocycles. The fourth-order valence-corrected chi connectivity index (χ4v) is 2.56. The summed E-state index contributed by atoms with van der Waals surface area (Å²) in [4.78, 5) is 8.80. The van der Waals surface area contributed by atoms with Crippen molar-refractivity contribution in [1.29, 1.82) is 0 Å². The highest BCUT2D eigenvalue weighted by Gasteiger charge is 2.29. The molecule has 5 nitrogen and oxygen atoms in total. The van der Waals surface area contributed by atoms with Crippen LogP contribution in [0.5, 0.6) is 0 Å². The number of hydrogen-bond acceptors (Lipinski definition) is 5. The molecule has 1 saturated heterocycles. The Hall–Kier alpha value is -1.01. The third-order valence-electron chi connectivity index (χ3n) is 3.78. The van der Waals surface area contributed by atoms with E-state index < -0.39 is 0 Å². The highest BCUT2D eigenvalue weighted by molar-refractivity contribution is 5.12. The second kappa shape index (κ2) is 6.24. The Labute approximate surface area is 109 Å². The van der Waals surface area contributed by atoms with E-state index in [2.05, 4.69) is 46.4 Å². The minimum Gasteiger partial charge on any atom is -0.303 e. The predicted molar refractivity (Wildman–Crippen MR) is 73.0 cm³/mol. The van der Waals surface area contributed by atoms with Gasteiger partial charge in [0, 0.05) is 44.1 Å². The number of hydrazine groups is 1. The smallest absolute Gasteiger partial charge is 0.0418 e. The maximum absolute atomic E-state index is 5.75. The Balaban J connectivity index is 2.03. The van der Waals surface area contributed by atoms with Crippen molar-refractivity contribution in [1.82, 2.24) is 20.2 Å². The standard InChI is InChI=1S/C13H23N5/c1-17-7-8-18(2)13(10-17)12(16-14)9-11-3-5-15-6-4-11/h3-6,12-13,16H,7-10,14H2,1-2H3. The van der Waals surface area contributed by atoms with E-state index in [0.717, 1.165) is 26.1 Å². The first-order valence-corrected chi connectivity index (χ1v) is 6.44. The van der Waals surface area contributed by atoms with Crippen molar-refractivity contribution in [2.75, 3.05) is 33.7 Å². The van der Waals surface area contributed by atoms with Gasteiger partial charge in [0.1, 0.15) is 0 Å². The van der Waals surface area contributed by atoms with Gasteiger partial charge in [-0.05, 0) is 38.2 Å². The Morgan fingerprint density at radius 1 is 1.39 bits per heavy atom. The molecule has 0 amide bonds. The van der Waals surface area contributed by atoms with Gasteiger partial charge in [0.25, 0.3) is 0 Å². The lowest BCUT2D eigenvalue weighted by Gasteiger charge is -2.41. The zero-order valence-corrected chi connectivity index (χ0v) is 11.2. The Kier molecular flexibility index (Phi) is 4.66. The number of piperazine rings is 1. The van der Waals surface area contributed by atoms with Crippen molar-refractivity contribution < 1.29 is 0 Å². The summed E-state index contributed by atoms with van der Waals surface area (Å²) in [6, 6.07) is 4.82. The Bertz CT molecular complexity index is 356. The molecular weight excluding hydrogens is 226 g/mol. The van der Waals surface area contributed by atoms with Gasteiger partial charge >= 0.3 is 0 Å². The van der Waals surface area contributed by atoms with E-state index in [1.54, 1.807) is 0 Å². The summed E-state index contributed by atoms with van der Waals surface area (Å²) in [5.74, 6) is 5.75. The first kappa shape index (κ1) is 13.4. The molecule has 1 aromatic heterocycles. The van der Waals surface area contributed by atoms with Crippen LogP contribution in [0.3, 0.4) is 0 Å². The van der Waals surface area contributed by atoms with Crippen LogP contribution in [0.4, 0.5) is 0 Å². The van der Waals surface area contributed by atoms with Gasteiger partial charge < -0.3 is 4.90 Å². The molecule has 1 fully saturated rings. The summed E-state index contributed by atoms with van der Waals surface area (Å²) in [6.45, 7) is 3.27. The molecule has 100 valence electrons.